The van der Waals surface area contributed by atoms with Crippen molar-refractivity contribution in [1.29, 1.82) is 0 Å². The Hall–Kier alpha value is -2.41. The molecule has 0 aromatic heterocycles. The van der Waals surface area contributed by atoms with Crippen molar-refractivity contribution in [2.45, 2.75) is 25.3 Å². The van der Waals surface area contributed by atoms with E-state index in [0.29, 0.717) is 5.56 Å². The lowest BCUT2D eigenvalue weighted by Gasteiger charge is -2.10. The zero-order valence-electron chi connectivity index (χ0n) is 10.6. The highest BCUT2D eigenvalue weighted by Crippen LogP contribution is 2.13. The lowest BCUT2D eigenvalue weighted by molar-refractivity contribution is -0.139. The van der Waals surface area contributed by atoms with E-state index in [-0.39, 0.29) is 25.0 Å². The van der Waals surface area contributed by atoms with Gasteiger partial charge < -0.3 is 20.7 Å². The Bertz CT molecular complexity index is 496. The molecule has 0 heterocycles. The molecule has 0 unspecified atom stereocenters. The number of ether oxygens (including phenoxy) is 1. The number of benzene rings is 1. The Labute approximate surface area is 115 Å². The molecular formula is C13H15NO6. The molecule has 1 atom stereocenters. The fraction of sp³-hybridized carbons (Fsp3) is 0.308. The molecule has 7 nitrogen and oxygen atoms in total. The number of carbonyl (C=O) groups is 3. The van der Waals surface area contributed by atoms with E-state index in [9.17, 15) is 14.4 Å². The molecule has 0 saturated heterocycles. The second kappa shape index (κ2) is 7.25. The third-order valence-electron chi connectivity index (χ3n) is 2.47. The number of carbonyl (C=O) groups excluding carboxylic acids is 1. The van der Waals surface area contributed by atoms with Crippen LogP contribution in [-0.2, 0) is 20.8 Å². The van der Waals surface area contributed by atoms with Gasteiger partial charge in [-0.25, -0.2) is 4.79 Å². The standard InChI is InChI=1S/C13H15NO6/c14-10(5-6-11(15)16)13(19)20-9-3-1-8(2-4-9)7-12(17)18/h1-4,10H,5-7,14H2,(H,15,16)(H,17,18)/t10-/m0/s1. The Morgan fingerprint density at radius 3 is 2.20 bits per heavy atom. The number of rotatable bonds is 7. The summed E-state index contributed by atoms with van der Waals surface area (Å²) in [5, 5.41) is 17.1. The van der Waals surface area contributed by atoms with E-state index in [1.54, 1.807) is 0 Å². The molecule has 0 spiro atoms. The van der Waals surface area contributed by atoms with Gasteiger partial charge in [-0.15, -0.1) is 0 Å². The molecule has 0 bridgehead atoms. The van der Waals surface area contributed by atoms with Gasteiger partial charge in [0, 0.05) is 6.42 Å². The van der Waals surface area contributed by atoms with Gasteiger partial charge in [-0.2, -0.15) is 0 Å². The second-order valence-electron chi connectivity index (χ2n) is 4.17. The van der Waals surface area contributed by atoms with Gasteiger partial charge in [0.15, 0.2) is 0 Å². The number of esters is 1. The van der Waals surface area contributed by atoms with E-state index < -0.39 is 23.9 Å². The number of nitrogens with two attached hydrogens (primary N) is 1. The second-order valence-corrected chi connectivity index (χ2v) is 4.17. The average Bonchev–Trinajstić information content (AvgIpc) is 2.37. The van der Waals surface area contributed by atoms with Crippen molar-refractivity contribution in [1.82, 2.24) is 0 Å². The van der Waals surface area contributed by atoms with E-state index >= 15 is 0 Å². The Morgan fingerprint density at radius 2 is 1.70 bits per heavy atom. The summed E-state index contributed by atoms with van der Waals surface area (Å²) in [5.74, 6) is -2.48. The minimum atomic E-state index is -1.04. The predicted octanol–water partition coefficient (Wildman–Crippen LogP) is 0.411. The van der Waals surface area contributed by atoms with Crippen molar-refractivity contribution < 1.29 is 29.3 Å². The molecule has 4 N–H and O–H groups in total. The van der Waals surface area contributed by atoms with Crippen molar-refractivity contribution in [3.05, 3.63) is 29.8 Å². The third kappa shape index (κ3) is 5.49. The van der Waals surface area contributed by atoms with Crippen molar-refractivity contribution in [2.24, 2.45) is 5.73 Å². The zero-order chi connectivity index (χ0) is 15.1. The molecule has 1 rings (SSSR count). The van der Waals surface area contributed by atoms with Crippen LogP contribution in [0, 0.1) is 0 Å². The molecule has 0 aliphatic heterocycles. The monoisotopic (exact) mass is 281 g/mol. The molecule has 0 saturated carbocycles. The Kier molecular flexibility index (Phi) is 5.67. The molecule has 7 heteroatoms. The van der Waals surface area contributed by atoms with Crippen molar-refractivity contribution in [3.63, 3.8) is 0 Å². The summed E-state index contributed by atoms with van der Waals surface area (Å²) in [6, 6.07) is 4.96. The lowest BCUT2D eigenvalue weighted by Crippen LogP contribution is -2.34. The maximum Gasteiger partial charge on any atom is 0.328 e. The summed E-state index contributed by atoms with van der Waals surface area (Å²) in [7, 11) is 0. The van der Waals surface area contributed by atoms with E-state index in [0.717, 1.165) is 0 Å². The summed E-state index contributed by atoms with van der Waals surface area (Å²) in [6.07, 6.45) is -0.342. The number of carboxylic acid groups (broad SMARTS) is 2. The van der Waals surface area contributed by atoms with Gasteiger partial charge in [-0.3, -0.25) is 9.59 Å². The maximum absolute atomic E-state index is 11.6. The first-order valence-electron chi connectivity index (χ1n) is 5.88. The highest BCUT2D eigenvalue weighted by atomic mass is 16.5. The van der Waals surface area contributed by atoms with Crippen LogP contribution in [-0.4, -0.2) is 34.2 Å². The first-order chi connectivity index (χ1) is 9.38. The van der Waals surface area contributed by atoms with Crippen molar-refractivity contribution >= 4 is 17.9 Å². The van der Waals surface area contributed by atoms with Gasteiger partial charge in [0.2, 0.25) is 0 Å². The van der Waals surface area contributed by atoms with E-state index in [4.69, 9.17) is 20.7 Å². The average molecular weight is 281 g/mol. The van der Waals surface area contributed by atoms with Crippen molar-refractivity contribution in [3.8, 4) is 5.75 Å². The normalized spacial score (nSPS) is 11.7. The molecule has 0 aliphatic carbocycles. The molecule has 108 valence electrons. The molecule has 20 heavy (non-hydrogen) atoms. The fourth-order valence-corrected chi connectivity index (χ4v) is 1.44. The molecule has 0 radical (unpaired) electrons. The van der Waals surface area contributed by atoms with Crippen LogP contribution >= 0.6 is 0 Å². The first kappa shape index (κ1) is 15.6. The molecule has 0 amide bonds. The molecular weight excluding hydrogens is 266 g/mol. The van der Waals surface area contributed by atoms with Crippen LogP contribution in [0.5, 0.6) is 5.75 Å². The topological polar surface area (TPSA) is 127 Å². The number of hydrogen-bond acceptors (Lipinski definition) is 5. The van der Waals surface area contributed by atoms with Gasteiger partial charge in [-0.05, 0) is 24.1 Å². The Balaban J connectivity index is 2.53. The van der Waals surface area contributed by atoms with Gasteiger partial charge in [-0.1, -0.05) is 12.1 Å². The van der Waals surface area contributed by atoms with Crippen LogP contribution in [0.4, 0.5) is 0 Å². The van der Waals surface area contributed by atoms with Gasteiger partial charge >= 0.3 is 17.9 Å². The molecule has 1 aromatic rings. The molecule has 1 aromatic carbocycles. The van der Waals surface area contributed by atoms with E-state index in [1.807, 2.05) is 0 Å². The van der Waals surface area contributed by atoms with Gasteiger partial charge in [0.1, 0.15) is 11.8 Å². The summed E-state index contributed by atoms with van der Waals surface area (Å²) >= 11 is 0. The van der Waals surface area contributed by atoms with Crippen molar-refractivity contribution in [2.75, 3.05) is 0 Å². The van der Waals surface area contributed by atoms with Crippen LogP contribution in [0.3, 0.4) is 0 Å². The summed E-state index contributed by atoms with van der Waals surface area (Å²) in [6.45, 7) is 0. The largest absolute Gasteiger partial charge is 0.481 e. The smallest absolute Gasteiger partial charge is 0.328 e. The zero-order valence-corrected chi connectivity index (χ0v) is 10.6. The van der Waals surface area contributed by atoms with Crippen LogP contribution in [0.1, 0.15) is 18.4 Å². The number of hydrogen-bond donors (Lipinski definition) is 3. The van der Waals surface area contributed by atoms with Gasteiger partial charge in [0.25, 0.3) is 0 Å². The SMILES string of the molecule is N[C@@H](CCC(=O)O)C(=O)Oc1ccc(CC(=O)O)cc1. The quantitative estimate of drug-likeness (QED) is 0.488. The number of carboxylic acids is 2. The van der Waals surface area contributed by atoms with Gasteiger partial charge in [0.05, 0.1) is 6.42 Å². The molecule has 0 aliphatic rings. The fourth-order valence-electron chi connectivity index (χ4n) is 1.44. The van der Waals surface area contributed by atoms with E-state index in [2.05, 4.69) is 0 Å². The highest BCUT2D eigenvalue weighted by Gasteiger charge is 2.17. The summed E-state index contributed by atoms with van der Waals surface area (Å²) in [4.78, 5) is 32.4. The summed E-state index contributed by atoms with van der Waals surface area (Å²) < 4.78 is 4.96. The van der Waals surface area contributed by atoms with Crippen LogP contribution in [0.15, 0.2) is 24.3 Å². The van der Waals surface area contributed by atoms with Crippen LogP contribution < -0.4 is 10.5 Å². The minimum absolute atomic E-state index is 0.00867. The Morgan fingerprint density at radius 1 is 1.10 bits per heavy atom. The van der Waals surface area contributed by atoms with Crippen LogP contribution in [0.2, 0.25) is 0 Å². The number of aliphatic carboxylic acids is 2. The van der Waals surface area contributed by atoms with E-state index in [1.165, 1.54) is 24.3 Å². The molecule has 0 fully saturated rings. The third-order valence-corrected chi connectivity index (χ3v) is 2.47. The van der Waals surface area contributed by atoms with Crippen LogP contribution in [0.25, 0.3) is 0 Å². The maximum atomic E-state index is 11.6. The lowest BCUT2D eigenvalue weighted by atomic mass is 10.1. The first-order valence-corrected chi connectivity index (χ1v) is 5.88. The summed E-state index contributed by atoms with van der Waals surface area (Å²) in [5.41, 5.74) is 6.07. The predicted molar refractivity (Wildman–Crippen MR) is 68.3 cm³/mol. The highest BCUT2D eigenvalue weighted by molar-refractivity contribution is 5.79. The minimum Gasteiger partial charge on any atom is -0.481 e.